The summed E-state index contributed by atoms with van der Waals surface area (Å²) in [6.07, 6.45) is 3.10. The van der Waals surface area contributed by atoms with E-state index in [9.17, 15) is 9.59 Å². The molecule has 0 bridgehead atoms. The lowest BCUT2D eigenvalue weighted by atomic mass is 9.93. The van der Waals surface area contributed by atoms with Crippen LogP contribution in [0, 0.1) is 5.92 Å². The molecule has 1 atom stereocenters. The first-order valence-corrected chi connectivity index (χ1v) is 11.2. The van der Waals surface area contributed by atoms with E-state index in [1.54, 1.807) is 32.4 Å². The lowest BCUT2D eigenvalue weighted by molar-refractivity contribution is -0.116. The van der Waals surface area contributed by atoms with Crippen molar-refractivity contribution in [3.63, 3.8) is 0 Å². The SMILES string of the molecule is COCc1ccc(C(=O)N2CCCC(CCC(=O)Nc3cc(Cl)ccc3OC)C2)s1. The predicted octanol–water partition coefficient (Wildman–Crippen LogP) is 4.83. The Bertz CT molecular complexity index is 886. The topological polar surface area (TPSA) is 67.9 Å². The third-order valence-corrected chi connectivity index (χ3v) is 6.46. The van der Waals surface area contributed by atoms with Crippen LogP contribution >= 0.6 is 22.9 Å². The van der Waals surface area contributed by atoms with Gasteiger partial charge in [-0.3, -0.25) is 9.59 Å². The molecule has 2 heterocycles. The number of nitrogens with one attached hydrogen (secondary N) is 1. The normalized spacial score (nSPS) is 16.4. The number of rotatable bonds is 8. The lowest BCUT2D eigenvalue weighted by Crippen LogP contribution is -2.39. The van der Waals surface area contributed by atoms with Crippen molar-refractivity contribution in [3.05, 3.63) is 45.1 Å². The summed E-state index contributed by atoms with van der Waals surface area (Å²) in [5.74, 6) is 0.876. The van der Waals surface area contributed by atoms with Crippen molar-refractivity contribution in [2.45, 2.75) is 32.3 Å². The quantitative estimate of drug-likeness (QED) is 0.625. The van der Waals surface area contributed by atoms with Crippen LogP contribution in [0.1, 0.15) is 40.2 Å². The Morgan fingerprint density at radius 1 is 1.27 bits per heavy atom. The van der Waals surface area contributed by atoms with Gasteiger partial charge < -0.3 is 19.7 Å². The number of benzene rings is 1. The zero-order valence-electron chi connectivity index (χ0n) is 17.3. The summed E-state index contributed by atoms with van der Waals surface area (Å²) >= 11 is 7.50. The molecule has 0 aliphatic carbocycles. The van der Waals surface area contributed by atoms with Crippen molar-refractivity contribution < 1.29 is 19.1 Å². The fraction of sp³-hybridized carbons (Fsp3) is 0.455. The Balaban J connectivity index is 1.51. The van der Waals surface area contributed by atoms with Gasteiger partial charge in [-0.15, -0.1) is 11.3 Å². The Hall–Kier alpha value is -2.09. The van der Waals surface area contributed by atoms with Crippen molar-refractivity contribution in [1.29, 1.82) is 0 Å². The molecule has 162 valence electrons. The van der Waals surface area contributed by atoms with E-state index in [1.165, 1.54) is 11.3 Å². The molecule has 8 heteroatoms. The number of amides is 2. The summed E-state index contributed by atoms with van der Waals surface area (Å²) in [6, 6.07) is 8.94. The number of hydrogen-bond acceptors (Lipinski definition) is 5. The number of carbonyl (C=O) groups excluding carboxylic acids is 2. The number of hydrogen-bond donors (Lipinski definition) is 1. The minimum Gasteiger partial charge on any atom is -0.495 e. The second-order valence-corrected chi connectivity index (χ2v) is 8.99. The van der Waals surface area contributed by atoms with Gasteiger partial charge in [0.25, 0.3) is 5.91 Å². The van der Waals surface area contributed by atoms with Crippen molar-refractivity contribution in [1.82, 2.24) is 4.90 Å². The molecule has 1 aliphatic rings. The molecule has 0 saturated carbocycles. The molecule has 6 nitrogen and oxygen atoms in total. The zero-order valence-corrected chi connectivity index (χ0v) is 18.9. The highest BCUT2D eigenvalue weighted by molar-refractivity contribution is 7.14. The number of carbonyl (C=O) groups is 2. The second-order valence-electron chi connectivity index (χ2n) is 7.39. The number of halogens is 1. The van der Waals surface area contributed by atoms with Crippen molar-refractivity contribution in [3.8, 4) is 5.75 Å². The summed E-state index contributed by atoms with van der Waals surface area (Å²) in [5, 5.41) is 3.41. The first-order chi connectivity index (χ1) is 14.5. The number of ether oxygens (including phenoxy) is 2. The van der Waals surface area contributed by atoms with Gasteiger partial charge in [-0.2, -0.15) is 0 Å². The molecule has 0 spiro atoms. The highest BCUT2D eigenvalue weighted by Gasteiger charge is 2.26. The monoisotopic (exact) mass is 450 g/mol. The second kappa shape index (κ2) is 10.8. The number of thiophene rings is 1. The Kier molecular flexibility index (Phi) is 8.13. The molecule has 1 fully saturated rings. The number of methoxy groups -OCH3 is 2. The number of anilines is 1. The van der Waals surface area contributed by atoms with Gasteiger partial charge in [0.1, 0.15) is 5.75 Å². The van der Waals surface area contributed by atoms with Gasteiger partial charge >= 0.3 is 0 Å². The van der Waals surface area contributed by atoms with Gasteiger partial charge in [0.2, 0.25) is 5.91 Å². The van der Waals surface area contributed by atoms with Gasteiger partial charge in [-0.05, 0) is 55.5 Å². The van der Waals surface area contributed by atoms with Crippen LogP contribution in [-0.4, -0.2) is 44.0 Å². The maximum atomic E-state index is 12.8. The highest BCUT2D eigenvalue weighted by Crippen LogP contribution is 2.29. The van der Waals surface area contributed by atoms with Crippen molar-refractivity contribution in [2.24, 2.45) is 5.92 Å². The standard InChI is InChI=1S/C22H27ClN2O4S/c1-28-14-17-7-9-20(30-17)22(27)25-11-3-4-15(13-25)5-10-21(26)24-18-12-16(23)6-8-19(18)29-2/h6-9,12,15H,3-5,10-11,13-14H2,1-2H3,(H,24,26). The molecular weight excluding hydrogens is 424 g/mol. The average molecular weight is 451 g/mol. The molecule has 30 heavy (non-hydrogen) atoms. The largest absolute Gasteiger partial charge is 0.495 e. The Morgan fingerprint density at radius 3 is 2.87 bits per heavy atom. The van der Waals surface area contributed by atoms with E-state index in [2.05, 4.69) is 5.32 Å². The third-order valence-electron chi connectivity index (χ3n) is 5.18. The third kappa shape index (κ3) is 5.97. The van der Waals surface area contributed by atoms with Crippen LogP contribution in [0.4, 0.5) is 5.69 Å². The first kappa shape index (κ1) is 22.6. The molecule has 3 rings (SSSR count). The smallest absolute Gasteiger partial charge is 0.263 e. The van der Waals surface area contributed by atoms with Crippen LogP contribution in [0.5, 0.6) is 5.75 Å². The molecule has 1 saturated heterocycles. The van der Waals surface area contributed by atoms with Crippen LogP contribution < -0.4 is 10.1 Å². The van der Waals surface area contributed by atoms with E-state index in [-0.39, 0.29) is 11.8 Å². The van der Waals surface area contributed by atoms with Gasteiger partial charge in [0.05, 0.1) is 24.3 Å². The van der Waals surface area contributed by atoms with E-state index in [4.69, 9.17) is 21.1 Å². The minimum absolute atomic E-state index is 0.0696. The summed E-state index contributed by atoms with van der Waals surface area (Å²) in [7, 11) is 3.20. The fourth-order valence-corrected chi connectivity index (χ4v) is 4.80. The minimum atomic E-state index is -0.0820. The van der Waals surface area contributed by atoms with Crippen LogP contribution in [0.3, 0.4) is 0 Å². The van der Waals surface area contributed by atoms with Crippen LogP contribution in [0.2, 0.25) is 5.02 Å². The summed E-state index contributed by atoms with van der Waals surface area (Å²) in [6.45, 7) is 1.97. The number of likely N-dealkylation sites (tertiary alicyclic amines) is 1. The lowest BCUT2D eigenvalue weighted by Gasteiger charge is -2.32. The van der Waals surface area contributed by atoms with E-state index in [1.807, 2.05) is 17.0 Å². The highest BCUT2D eigenvalue weighted by atomic mass is 35.5. The Morgan fingerprint density at radius 2 is 2.10 bits per heavy atom. The van der Waals surface area contributed by atoms with Gasteiger partial charge in [-0.25, -0.2) is 0 Å². The molecule has 2 amide bonds. The summed E-state index contributed by atoms with van der Waals surface area (Å²) in [5.41, 5.74) is 0.569. The molecule has 2 aromatic rings. The van der Waals surface area contributed by atoms with E-state index >= 15 is 0 Å². The van der Waals surface area contributed by atoms with E-state index < -0.39 is 0 Å². The van der Waals surface area contributed by atoms with Gasteiger partial charge in [0.15, 0.2) is 0 Å². The van der Waals surface area contributed by atoms with Gasteiger partial charge in [-0.1, -0.05) is 11.6 Å². The Labute approximate surface area is 186 Å². The predicted molar refractivity (Wildman–Crippen MR) is 120 cm³/mol. The maximum absolute atomic E-state index is 12.8. The molecule has 0 radical (unpaired) electrons. The molecule has 1 N–H and O–H groups in total. The van der Waals surface area contributed by atoms with Crippen LogP contribution in [0.15, 0.2) is 30.3 Å². The summed E-state index contributed by atoms with van der Waals surface area (Å²) in [4.78, 5) is 29.0. The zero-order chi connectivity index (χ0) is 21.5. The van der Waals surface area contributed by atoms with Crippen molar-refractivity contribution >= 4 is 40.4 Å². The van der Waals surface area contributed by atoms with E-state index in [0.29, 0.717) is 41.9 Å². The molecular formula is C22H27ClN2O4S. The van der Waals surface area contributed by atoms with Crippen LogP contribution in [-0.2, 0) is 16.1 Å². The van der Waals surface area contributed by atoms with E-state index in [0.717, 1.165) is 35.6 Å². The van der Waals surface area contributed by atoms with Crippen LogP contribution in [0.25, 0.3) is 0 Å². The first-order valence-electron chi connectivity index (χ1n) is 10.0. The number of piperidine rings is 1. The van der Waals surface area contributed by atoms with Crippen molar-refractivity contribution in [2.75, 3.05) is 32.6 Å². The van der Waals surface area contributed by atoms with Gasteiger partial charge in [0, 0.05) is 36.5 Å². The molecule has 1 unspecified atom stereocenters. The molecule has 1 aromatic carbocycles. The maximum Gasteiger partial charge on any atom is 0.263 e. The molecule has 1 aromatic heterocycles. The summed E-state index contributed by atoms with van der Waals surface area (Å²) < 4.78 is 10.4. The number of nitrogens with zero attached hydrogens (tertiary/aromatic N) is 1. The molecule has 1 aliphatic heterocycles. The fourth-order valence-electron chi connectivity index (χ4n) is 3.68. The average Bonchev–Trinajstić information content (AvgIpc) is 3.21.